The zero-order valence-corrected chi connectivity index (χ0v) is 13.6. The Hall–Kier alpha value is -0.910. The molecule has 2 N–H and O–H groups in total. The minimum atomic E-state index is -3.04. The van der Waals surface area contributed by atoms with E-state index in [2.05, 4.69) is 5.32 Å². The van der Waals surface area contributed by atoms with Crippen LogP contribution in [-0.4, -0.2) is 37.6 Å². The second kappa shape index (κ2) is 6.90. The lowest BCUT2D eigenvalue weighted by Crippen LogP contribution is -2.47. The Bertz CT molecular complexity index is 553. The van der Waals surface area contributed by atoms with Crippen LogP contribution < -0.4 is 5.32 Å². The number of sulfone groups is 1. The largest absolute Gasteiger partial charge is 0.387 e. The Kier molecular flexibility index (Phi) is 5.41. The summed E-state index contributed by atoms with van der Waals surface area (Å²) in [6, 6.07) is 7.72. The van der Waals surface area contributed by atoms with Gasteiger partial charge >= 0.3 is 0 Å². The summed E-state index contributed by atoms with van der Waals surface area (Å²) in [5, 5.41) is 13.2. The molecule has 1 aliphatic carbocycles. The van der Waals surface area contributed by atoms with Crippen molar-refractivity contribution in [2.45, 2.75) is 50.0 Å². The number of benzene rings is 1. The van der Waals surface area contributed by atoms with Crippen LogP contribution >= 0.6 is 0 Å². The molecule has 1 aromatic carbocycles. The summed E-state index contributed by atoms with van der Waals surface area (Å²) in [4.78, 5) is 0. The minimum absolute atomic E-state index is 0.0474. The Labute approximate surface area is 127 Å². The van der Waals surface area contributed by atoms with Crippen molar-refractivity contribution in [3.8, 4) is 0 Å². The molecule has 1 saturated carbocycles. The van der Waals surface area contributed by atoms with Crippen LogP contribution in [0.2, 0.25) is 0 Å². The van der Waals surface area contributed by atoms with Crippen LogP contribution in [0.5, 0.6) is 0 Å². The van der Waals surface area contributed by atoms with Crippen LogP contribution in [0.4, 0.5) is 0 Å². The molecule has 5 heteroatoms. The highest BCUT2D eigenvalue weighted by atomic mass is 32.2. The number of hydrogen-bond acceptors (Lipinski definition) is 4. The second-order valence-electron chi connectivity index (χ2n) is 6.09. The first kappa shape index (κ1) is 16.5. The first-order chi connectivity index (χ1) is 9.88. The second-order valence-corrected chi connectivity index (χ2v) is 8.36. The smallest absolute Gasteiger partial charge is 0.151 e. The number of aliphatic hydroxyl groups is 1. The van der Waals surface area contributed by atoms with Crippen molar-refractivity contribution >= 4 is 9.84 Å². The van der Waals surface area contributed by atoms with Gasteiger partial charge in [0, 0.05) is 18.8 Å². The van der Waals surface area contributed by atoms with Crippen molar-refractivity contribution in [2.75, 3.05) is 12.8 Å². The zero-order chi connectivity index (χ0) is 15.5. The van der Waals surface area contributed by atoms with Gasteiger partial charge in [0.05, 0.1) is 11.4 Å². The highest BCUT2D eigenvalue weighted by molar-refractivity contribution is 7.91. The van der Waals surface area contributed by atoms with E-state index in [4.69, 9.17) is 0 Å². The fourth-order valence-electron chi connectivity index (χ4n) is 3.01. The molecular weight excluding hydrogens is 286 g/mol. The topological polar surface area (TPSA) is 66.4 Å². The van der Waals surface area contributed by atoms with E-state index >= 15 is 0 Å². The molecule has 0 aliphatic heterocycles. The molecule has 0 heterocycles. The first-order valence-corrected chi connectivity index (χ1v) is 9.50. The molecule has 1 aliphatic rings. The fraction of sp³-hybridized carbons (Fsp3) is 0.625. The molecule has 21 heavy (non-hydrogen) atoms. The van der Waals surface area contributed by atoms with Gasteiger partial charge in [0.25, 0.3) is 0 Å². The lowest BCUT2D eigenvalue weighted by molar-refractivity contribution is 0.166. The van der Waals surface area contributed by atoms with Crippen molar-refractivity contribution in [3.05, 3.63) is 35.4 Å². The Morgan fingerprint density at radius 2 is 1.86 bits per heavy atom. The van der Waals surface area contributed by atoms with Crippen LogP contribution in [0.15, 0.2) is 24.3 Å². The van der Waals surface area contributed by atoms with E-state index in [9.17, 15) is 13.5 Å². The van der Waals surface area contributed by atoms with Gasteiger partial charge in [-0.25, -0.2) is 8.42 Å². The monoisotopic (exact) mass is 311 g/mol. The van der Waals surface area contributed by atoms with Crippen LogP contribution in [0.1, 0.15) is 42.9 Å². The van der Waals surface area contributed by atoms with Crippen LogP contribution in [0.25, 0.3) is 0 Å². The van der Waals surface area contributed by atoms with Gasteiger partial charge in [-0.3, -0.25) is 0 Å². The molecule has 0 aromatic heterocycles. The quantitative estimate of drug-likeness (QED) is 0.872. The van der Waals surface area contributed by atoms with Crippen molar-refractivity contribution < 1.29 is 13.5 Å². The molecule has 2 rings (SSSR count). The third-order valence-corrected chi connectivity index (χ3v) is 5.95. The summed E-state index contributed by atoms with van der Waals surface area (Å²) in [7, 11) is -3.04. The van der Waals surface area contributed by atoms with Gasteiger partial charge in [-0.05, 0) is 25.3 Å². The summed E-state index contributed by atoms with van der Waals surface area (Å²) in [6.07, 6.45) is 4.30. The molecule has 0 saturated heterocycles. The van der Waals surface area contributed by atoms with Gasteiger partial charge in [0.1, 0.15) is 0 Å². The van der Waals surface area contributed by atoms with E-state index in [1.807, 2.05) is 31.2 Å². The molecule has 0 amide bonds. The summed E-state index contributed by atoms with van der Waals surface area (Å²) < 4.78 is 23.7. The summed E-state index contributed by atoms with van der Waals surface area (Å²) in [5.74, 6) is 0. The maximum Gasteiger partial charge on any atom is 0.151 e. The normalized spacial score (nSPS) is 24.7. The zero-order valence-electron chi connectivity index (χ0n) is 12.7. The standard InChI is InChI=1S/C16H25NO3S/c1-12-7-9-13(10-8-12)15(18)11-17-14-5-3-4-6-16(14)21(2,19)20/h7-10,14-18H,3-6,11H2,1-2H3. The average molecular weight is 311 g/mol. The predicted octanol–water partition coefficient (Wildman–Crippen LogP) is 1.97. The molecule has 4 nitrogen and oxygen atoms in total. The fourth-order valence-corrected chi connectivity index (χ4v) is 4.44. The SMILES string of the molecule is Cc1ccc(C(O)CNC2CCCCC2S(C)(=O)=O)cc1. The lowest BCUT2D eigenvalue weighted by atomic mass is 9.94. The summed E-state index contributed by atoms with van der Waals surface area (Å²) >= 11 is 0. The van der Waals surface area contributed by atoms with E-state index in [0.717, 1.165) is 36.8 Å². The predicted molar refractivity (Wildman–Crippen MR) is 85.0 cm³/mol. The maximum absolute atomic E-state index is 11.8. The Morgan fingerprint density at radius 3 is 2.48 bits per heavy atom. The number of aryl methyl sites for hydroxylation is 1. The van der Waals surface area contributed by atoms with E-state index in [0.29, 0.717) is 6.54 Å². The van der Waals surface area contributed by atoms with Gasteiger partial charge < -0.3 is 10.4 Å². The van der Waals surface area contributed by atoms with Crippen LogP contribution in [-0.2, 0) is 9.84 Å². The molecule has 1 fully saturated rings. The van der Waals surface area contributed by atoms with Crippen LogP contribution in [0.3, 0.4) is 0 Å². The van der Waals surface area contributed by atoms with E-state index < -0.39 is 15.9 Å². The molecule has 3 unspecified atom stereocenters. The van der Waals surface area contributed by atoms with Gasteiger partial charge in [0.2, 0.25) is 0 Å². The van der Waals surface area contributed by atoms with Crippen LogP contribution in [0, 0.1) is 6.92 Å². The minimum Gasteiger partial charge on any atom is -0.387 e. The van der Waals surface area contributed by atoms with Gasteiger partial charge in [-0.15, -0.1) is 0 Å². The average Bonchev–Trinajstić information content (AvgIpc) is 2.45. The maximum atomic E-state index is 11.8. The lowest BCUT2D eigenvalue weighted by Gasteiger charge is -2.31. The third-order valence-electron chi connectivity index (χ3n) is 4.29. The van der Waals surface area contributed by atoms with Crippen molar-refractivity contribution in [2.24, 2.45) is 0 Å². The number of rotatable bonds is 5. The molecule has 0 radical (unpaired) electrons. The molecule has 118 valence electrons. The Balaban J connectivity index is 1.96. The van der Waals surface area contributed by atoms with Crippen molar-refractivity contribution in [1.29, 1.82) is 0 Å². The van der Waals surface area contributed by atoms with Crippen molar-refractivity contribution in [3.63, 3.8) is 0 Å². The summed E-state index contributed by atoms with van der Waals surface area (Å²) in [5.41, 5.74) is 2.02. The first-order valence-electron chi connectivity index (χ1n) is 7.55. The Morgan fingerprint density at radius 1 is 1.24 bits per heavy atom. The van der Waals surface area contributed by atoms with E-state index in [1.165, 1.54) is 6.26 Å². The number of hydrogen-bond donors (Lipinski definition) is 2. The number of aliphatic hydroxyl groups excluding tert-OH is 1. The van der Waals surface area contributed by atoms with Gasteiger partial charge in [0.15, 0.2) is 9.84 Å². The van der Waals surface area contributed by atoms with Gasteiger partial charge in [-0.1, -0.05) is 42.7 Å². The molecule has 0 spiro atoms. The van der Waals surface area contributed by atoms with E-state index in [1.54, 1.807) is 0 Å². The molecule has 0 bridgehead atoms. The molecule has 3 atom stereocenters. The van der Waals surface area contributed by atoms with E-state index in [-0.39, 0.29) is 11.3 Å². The third kappa shape index (κ3) is 4.53. The van der Waals surface area contributed by atoms with Gasteiger partial charge in [-0.2, -0.15) is 0 Å². The summed E-state index contributed by atoms with van der Waals surface area (Å²) in [6.45, 7) is 2.40. The highest BCUT2D eigenvalue weighted by Crippen LogP contribution is 2.24. The highest BCUT2D eigenvalue weighted by Gasteiger charge is 2.32. The number of nitrogens with one attached hydrogen (secondary N) is 1. The molecular formula is C16H25NO3S. The molecule has 1 aromatic rings. The van der Waals surface area contributed by atoms with Crippen molar-refractivity contribution in [1.82, 2.24) is 5.32 Å².